The molecule has 1 amide bonds. The van der Waals surface area contributed by atoms with Gasteiger partial charge in [-0.15, -0.1) is 0 Å². The van der Waals surface area contributed by atoms with Crippen LogP contribution in [0.5, 0.6) is 0 Å². The summed E-state index contributed by atoms with van der Waals surface area (Å²) in [4.78, 5) is 10.7. The number of hydrogen-bond donors (Lipinski definition) is 2. The van der Waals surface area contributed by atoms with Crippen molar-refractivity contribution in [2.45, 2.75) is 52.5 Å². The van der Waals surface area contributed by atoms with Crippen LogP contribution in [0.3, 0.4) is 0 Å². The van der Waals surface area contributed by atoms with Gasteiger partial charge in [0, 0.05) is 29.9 Å². The third kappa shape index (κ3) is 4.53. The molecule has 0 spiro atoms. The van der Waals surface area contributed by atoms with E-state index in [4.69, 9.17) is 5.10 Å². The average Bonchev–Trinajstić information content (AvgIpc) is 3.05. The van der Waals surface area contributed by atoms with Crippen LogP contribution in [-0.4, -0.2) is 22.7 Å². The zero-order valence-electron chi connectivity index (χ0n) is 17.0. The van der Waals surface area contributed by atoms with Crippen molar-refractivity contribution >= 4 is 17.9 Å². The maximum atomic E-state index is 10.7. The van der Waals surface area contributed by atoms with E-state index >= 15 is 0 Å². The summed E-state index contributed by atoms with van der Waals surface area (Å²) in [6.45, 7) is 7.05. The number of aryl methyl sites for hydroxylation is 1. The lowest BCUT2D eigenvalue weighted by atomic mass is 10.0. The van der Waals surface area contributed by atoms with Gasteiger partial charge < -0.3 is 10.6 Å². The van der Waals surface area contributed by atoms with Crippen molar-refractivity contribution in [1.29, 1.82) is 0 Å². The topological polar surface area (TPSA) is 59.0 Å². The highest BCUT2D eigenvalue weighted by Gasteiger charge is 2.21. The largest absolute Gasteiger partial charge is 0.358 e. The zero-order valence-corrected chi connectivity index (χ0v) is 17.0. The van der Waals surface area contributed by atoms with E-state index in [1.165, 1.54) is 22.4 Å². The number of nitrogens with zero attached hydrogens (tertiary/aromatic N) is 2. The lowest BCUT2D eigenvalue weighted by molar-refractivity contribution is -0.109. The zero-order chi connectivity index (χ0) is 19.9. The van der Waals surface area contributed by atoms with Crippen LogP contribution in [0.25, 0.3) is 0 Å². The van der Waals surface area contributed by atoms with Gasteiger partial charge in [0.25, 0.3) is 0 Å². The molecule has 1 atom stereocenters. The maximum Gasteiger partial charge on any atom is 0.207 e. The first-order valence-corrected chi connectivity index (χ1v) is 10.1. The molecule has 2 aromatic rings. The van der Waals surface area contributed by atoms with Gasteiger partial charge in [-0.25, -0.2) is 0 Å². The molecule has 0 bridgehead atoms. The van der Waals surface area contributed by atoms with E-state index in [9.17, 15) is 4.79 Å². The number of amides is 1. The van der Waals surface area contributed by atoms with E-state index in [2.05, 4.69) is 78.6 Å². The summed E-state index contributed by atoms with van der Waals surface area (Å²) in [5.41, 5.74) is 5.94. The van der Waals surface area contributed by atoms with Gasteiger partial charge in [0.15, 0.2) is 5.82 Å². The van der Waals surface area contributed by atoms with Crippen LogP contribution in [0.4, 0.5) is 11.5 Å². The minimum atomic E-state index is 0.154. The van der Waals surface area contributed by atoms with Crippen LogP contribution >= 0.6 is 0 Å². The molecule has 0 saturated carbocycles. The van der Waals surface area contributed by atoms with Crippen LogP contribution in [0, 0.1) is 6.92 Å². The molecule has 0 saturated heterocycles. The van der Waals surface area contributed by atoms with E-state index in [1.54, 1.807) is 0 Å². The first-order chi connectivity index (χ1) is 13.6. The molecule has 0 radical (unpaired) electrons. The molecular formula is C23H30N4O. The number of allylic oxidation sites excluding steroid dienone is 4. The molecule has 3 rings (SSSR count). The first-order valence-electron chi connectivity index (χ1n) is 10.1. The summed E-state index contributed by atoms with van der Waals surface area (Å²) < 4.78 is 2.13. The van der Waals surface area contributed by atoms with Gasteiger partial charge in [-0.05, 0) is 56.4 Å². The first kappa shape index (κ1) is 19.9. The number of rotatable bonds is 9. The predicted octanol–water partition coefficient (Wildman–Crippen LogP) is 4.62. The van der Waals surface area contributed by atoms with Crippen LogP contribution < -0.4 is 10.6 Å². The van der Waals surface area contributed by atoms with Crippen LogP contribution in [-0.2, 0) is 17.6 Å². The summed E-state index contributed by atoms with van der Waals surface area (Å²) in [5, 5.41) is 11.3. The lowest BCUT2D eigenvalue weighted by Crippen LogP contribution is -2.19. The number of anilines is 2. The van der Waals surface area contributed by atoms with Crippen molar-refractivity contribution in [1.82, 2.24) is 15.1 Å². The number of benzene rings is 1. The number of aromatic nitrogens is 2. The van der Waals surface area contributed by atoms with Crippen molar-refractivity contribution in [2.75, 3.05) is 11.9 Å². The third-order valence-electron chi connectivity index (χ3n) is 5.22. The van der Waals surface area contributed by atoms with Gasteiger partial charge in [-0.3, -0.25) is 9.48 Å². The molecule has 5 heteroatoms. The summed E-state index contributed by atoms with van der Waals surface area (Å²) >= 11 is 0. The normalized spacial score (nSPS) is 14.5. The number of carbonyl (C=O) groups excluding carboxylic acids is 1. The number of hydrogen-bond acceptors (Lipinski definition) is 3. The smallest absolute Gasteiger partial charge is 0.207 e. The molecule has 1 heterocycles. The Hall–Kier alpha value is -2.82. The van der Waals surface area contributed by atoms with Gasteiger partial charge in [0.2, 0.25) is 6.41 Å². The Labute approximate surface area is 167 Å². The average molecular weight is 379 g/mol. The molecular weight excluding hydrogens is 348 g/mol. The van der Waals surface area contributed by atoms with Crippen LogP contribution in [0.1, 0.15) is 49.6 Å². The fraction of sp³-hybridized carbons (Fsp3) is 0.391. The van der Waals surface area contributed by atoms with Crippen LogP contribution in [0.15, 0.2) is 48.1 Å². The monoisotopic (exact) mass is 378 g/mol. The highest BCUT2D eigenvalue weighted by Crippen LogP contribution is 2.30. The molecule has 1 unspecified atom stereocenters. The van der Waals surface area contributed by atoms with Crippen molar-refractivity contribution < 1.29 is 4.79 Å². The minimum absolute atomic E-state index is 0.154. The predicted molar refractivity (Wildman–Crippen MR) is 115 cm³/mol. The second-order valence-electron chi connectivity index (χ2n) is 7.25. The van der Waals surface area contributed by atoms with E-state index in [-0.39, 0.29) is 6.04 Å². The van der Waals surface area contributed by atoms with Gasteiger partial charge in [0.05, 0.1) is 6.04 Å². The molecule has 1 aromatic carbocycles. The molecule has 0 fully saturated rings. The second kappa shape index (κ2) is 9.40. The van der Waals surface area contributed by atoms with Crippen molar-refractivity contribution in [2.24, 2.45) is 0 Å². The lowest BCUT2D eigenvalue weighted by Gasteiger charge is -2.19. The molecule has 1 aliphatic carbocycles. The molecule has 28 heavy (non-hydrogen) atoms. The van der Waals surface area contributed by atoms with Crippen LogP contribution in [0.2, 0.25) is 0 Å². The standard InChI is InChI=1S/C23H30N4O/c1-4-21-22(13-14-24-16-28)27(18(3)19-10-6-5-7-11-19)26-23(21)25-20-12-8-9-17(2)15-20/h6,8-12,15-16,18H,4-5,7,13-14H2,1-3H3,(H,24,28)(H,25,26). The van der Waals surface area contributed by atoms with Gasteiger partial charge in [0.1, 0.15) is 0 Å². The minimum Gasteiger partial charge on any atom is -0.358 e. The Morgan fingerprint density at radius 3 is 2.86 bits per heavy atom. The Morgan fingerprint density at radius 2 is 2.18 bits per heavy atom. The number of carbonyl (C=O) groups is 1. The van der Waals surface area contributed by atoms with Crippen molar-refractivity contribution in [3.05, 3.63) is 64.9 Å². The second-order valence-corrected chi connectivity index (χ2v) is 7.25. The summed E-state index contributed by atoms with van der Waals surface area (Å²) in [6.07, 6.45) is 11.3. The number of nitrogens with one attached hydrogen (secondary N) is 2. The fourth-order valence-corrected chi connectivity index (χ4v) is 3.75. The van der Waals surface area contributed by atoms with E-state index in [0.29, 0.717) is 6.54 Å². The van der Waals surface area contributed by atoms with E-state index in [1.807, 2.05) is 0 Å². The summed E-state index contributed by atoms with van der Waals surface area (Å²) in [7, 11) is 0. The Balaban J connectivity index is 1.98. The van der Waals surface area contributed by atoms with Crippen molar-refractivity contribution in [3.8, 4) is 0 Å². The highest BCUT2D eigenvalue weighted by molar-refractivity contribution is 5.61. The molecule has 1 aliphatic rings. The molecule has 5 nitrogen and oxygen atoms in total. The Bertz CT molecular complexity index is 879. The summed E-state index contributed by atoms with van der Waals surface area (Å²) in [6, 6.07) is 8.48. The highest BCUT2D eigenvalue weighted by atomic mass is 16.1. The molecule has 0 aliphatic heterocycles. The fourth-order valence-electron chi connectivity index (χ4n) is 3.75. The Morgan fingerprint density at radius 1 is 1.32 bits per heavy atom. The maximum absolute atomic E-state index is 10.7. The molecule has 1 aromatic heterocycles. The van der Waals surface area contributed by atoms with Gasteiger partial charge in [-0.1, -0.05) is 37.3 Å². The van der Waals surface area contributed by atoms with Gasteiger partial charge >= 0.3 is 0 Å². The third-order valence-corrected chi connectivity index (χ3v) is 5.22. The Kier molecular flexibility index (Phi) is 6.69. The molecule has 2 N–H and O–H groups in total. The molecule has 148 valence electrons. The summed E-state index contributed by atoms with van der Waals surface area (Å²) in [5.74, 6) is 0.904. The van der Waals surface area contributed by atoms with E-state index in [0.717, 1.165) is 43.6 Å². The SMILES string of the molecule is CCc1c(Nc2cccc(C)c2)nn(C(C)C2=CCCC=C2)c1CCNC=O. The van der Waals surface area contributed by atoms with Crippen molar-refractivity contribution in [3.63, 3.8) is 0 Å². The quantitative estimate of drug-likeness (QED) is 0.494. The van der Waals surface area contributed by atoms with Gasteiger partial charge in [-0.2, -0.15) is 5.10 Å². The van der Waals surface area contributed by atoms with E-state index < -0.39 is 0 Å².